The zero-order valence-electron chi connectivity index (χ0n) is 11.0. The van der Waals surface area contributed by atoms with E-state index in [0.29, 0.717) is 5.69 Å². The number of fused-ring (bicyclic) bond motifs is 1. The van der Waals surface area contributed by atoms with Gasteiger partial charge in [0.1, 0.15) is 11.0 Å². The highest BCUT2D eigenvalue weighted by Gasteiger charge is 2.13. The first-order chi connectivity index (χ1) is 10.5. The van der Waals surface area contributed by atoms with Crippen LogP contribution in [0.15, 0.2) is 51.8 Å². The second-order valence-corrected chi connectivity index (χ2v) is 4.84. The predicted molar refractivity (Wildman–Crippen MR) is 79.6 cm³/mol. The number of rotatable bonds is 2. The Bertz CT molecular complexity index is 922. The summed E-state index contributed by atoms with van der Waals surface area (Å²) in [4.78, 5) is 27.7. The number of halogens is 2. The Balaban J connectivity index is 1.97. The van der Waals surface area contributed by atoms with Gasteiger partial charge in [0.2, 0.25) is 0 Å². The lowest BCUT2D eigenvalue weighted by Gasteiger charge is -2.05. The molecule has 3 rings (SSSR count). The minimum Gasteiger partial charge on any atom is -0.417 e. The second-order valence-electron chi connectivity index (χ2n) is 4.45. The fourth-order valence-electron chi connectivity index (χ4n) is 1.92. The Morgan fingerprint density at radius 3 is 2.77 bits per heavy atom. The van der Waals surface area contributed by atoms with Crippen LogP contribution in [0.4, 0.5) is 10.1 Å². The maximum Gasteiger partial charge on any atom is 0.344 e. The number of hydrogen-bond donors (Lipinski definition) is 1. The molecule has 2 aromatic heterocycles. The molecule has 1 amide bonds. The van der Waals surface area contributed by atoms with E-state index in [-0.39, 0.29) is 21.7 Å². The summed E-state index contributed by atoms with van der Waals surface area (Å²) in [5.41, 5.74) is -0.326. The molecule has 0 aliphatic rings. The van der Waals surface area contributed by atoms with Gasteiger partial charge in [0.05, 0.1) is 17.3 Å². The van der Waals surface area contributed by atoms with E-state index in [0.717, 1.165) is 12.1 Å². The summed E-state index contributed by atoms with van der Waals surface area (Å²) in [5, 5.41) is 3.28. The highest BCUT2D eigenvalue weighted by molar-refractivity contribution is 6.29. The van der Waals surface area contributed by atoms with Crippen LogP contribution in [0.3, 0.4) is 0 Å². The van der Waals surface area contributed by atoms with Crippen molar-refractivity contribution in [2.24, 2.45) is 0 Å². The van der Waals surface area contributed by atoms with Gasteiger partial charge < -0.3 is 9.73 Å². The molecule has 0 aliphatic carbocycles. The first kappa shape index (κ1) is 14.2. The highest BCUT2D eigenvalue weighted by atomic mass is 35.5. The third-order valence-corrected chi connectivity index (χ3v) is 3.16. The smallest absolute Gasteiger partial charge is 0.344 e. The molecule has 0 spiro atoms. The van der Waals surface area contributed by atoms with Crippen molar-refractivity contribution in [3.05, 3.63) is 69.7 Å². The average Bonchev–Trinajstić information content (AvgIpc) is 2.49. The maximum absolute atomic E-state index is 13.2. The summed E-state index contributed by atoms with van der Waals surface area (Å²) in [6.45, 7) is 0. The topological polar surface area (TPSA) is 72.2 Å². The van der Waals surface area contributed by atoms with Crippen molar-refractivity contribution < 1.29 is 13.6 Å². The number of aromatic nitrogens is 1. The molecule has 0 atom stereocenters. The average molecular weight is 319 g/mol. The summed E-state index contributed by atoms with van der Waals surface area (Å²) in [7, 11) is 0. The van der Waals surface area contributed by atoms with Crippen LogP contribution in [0.5, 0.6) is 0 Å². The van der Waals surface area contributed by atoms with Crippen LogP contribution in [0.25, 0.3) is 10.8 Å². The van der Waals surface area contributed by atoms with Crippen molar-refractivity contribution in [1.29, 1.82) is 0 Å². The number of carbonyl (C=O) groups is 1. The monoisotopic (exact) mass is 318 g/mol. The van der Waals surface area contributed by atoms with Crippen LogP contribution in [0.2, 0.25) is 5.15 Å². The molecule has 0 saturated carbocycles. The van der Waals surface area contributed by atoms with Crippen molar-refractivity contribution in [1.82, 2.24) is 4.98 Å². The number of anilines is 1. The van der Waals surface area contributed by atoms with Crippen molar-refractivity contribution in [2.75, 3.05) is 5.32 Å². The third-order valence-electron chi connectivity index (χ3n) is 2.93. The Morgan fingerprint density at radius 2 is 2.05 bits per heavy atom. The second kappa shape index (κ2) is 5.57. The van der Waals surface area contributed by atoms with Crippen molar-refractivity contribution in [2.45, 2.75) is 0 Å². The van der Waals surface area contributed by atoms with E-state index < -0.39 is 17.3 Å². The van der Waals surface area contributed by atoms with Crippen LogP contribution in [-0.4, -0.2) is 10.9 Å². The predicted octanol–water partition coefficient (Wildman–Crippen LogP) is 3.23. The number of pyridine rings is 1. The van der Waals surface area contributed by atoms with Gasteiger partial charge in [-0.05, 0) is 41.8 Å². The number of nitrogens with zero attached hydrogens (tertiary/aromatic N) is 1. The molecule has 0 aliphatic heterocycles. The number of amides is 1. The van der Waals surface area contributed by atoms with Crippen molar-refractivity contribution >= 4 is 34.0 Å². The van der Waals surface area contributed by atoms with E-state index >= 15 is 0 Å². The van der Waals surface area contributed by atoms with Crippen LogP contribution >= 0.6 is 11.6 Å². The molecule has 0 radical (unpaired) electrons. The van der Waals surface area contributed by atoms with Gasteiger partial charge in [0, 0.05) is 0 Å². The minimum absolute atomic E-state index is 0.200. The number of hydrogen-bond acceptors (Lipinski definition) is 4. The Morgan fingerprint density at radius 1 is 1.23 bits per heavy atom. The third kappa shape index (κ3) is 2.82. The molecule has 0 fully saturated rings. The van der Waals surface area contributed by atoms with Crippen LogP contribution in [0, 0.1) is 5.82 Å². The zero-order chi connectivity index (χ0) is 15.7. The highest BCUT2D eigenvalue weighted by Crippen LogP contribution is 2.16. The van der Waals surface area contributed by atoms with Crippen molar-refractivity contribution in [3.63, 3.8) is 0 Å². The van der Waals surface area contributed by atoms with E-state index in [1.165, 1.54) is 24.4 Å². The van der Waals surface area contributed by atoms with Crippen LogP contribution in [0.1, 0.15) is 10.6 Å². The van der Waals surface area contributed by atoms with Gasteiger partial charge in [0.25, 0.3) is 5.91 Å². The molecule has 22 heavy (non-hydrogen) atoms. The van der Waals surface area contributed by atoms with Crippen LogP contribution < -0.4 is 10.9 Å². The summed E-state index contributed by atoms with van der Waals surface area (Å²) >= 11 is 5.65. The summed E-state index contributed by atoms with van der Waals surface area (Å²) < 4.78 is 18.2. The number of carbonyl (C=O) groups excluding carboxylic acids is 1. The maximum atomic E-state index is 13.2. The fourth-order valence-corrected chi connectivity index (χ4v) is 2.03. The summed E-state index contributed by atoms with van der Waals surface area (Å²) in [5.74, 6) is -1.38. The Kier molecular flexibility index (Phi) is 3.60. The Labute approximate surface area is 128 Å². The van der Waals surface area contributed by atoms with E-state index in [4.69, 9.17) is 16.0 Å². The molecule has 0 saturated heterocycles. The summed E-state index contributed by atoms with van der Waals surface area (Å²) in [6.07, 6.45) is 1.36. The zero-order valence-corrected chi connectivity index (χ0v) is 11.7. The molecular formula is C15H8ClFN2O3. The van der Waals surface area contributed by atoms with Crippen LogP contribution in [-0.2, 0) is 0 Å². The number of nitrogens with one attached hydrogen (secondary N) is 1. The lowest BCUT2D eigenvalue weighted by atomic mass is 10.1. The van der Waals surface area contributed by atoms with Gasteiger partial charge in [0.15, 0.2) is 5.76 Å². The van der Waals surface area contributed by atoms with Gasteiger partial charge in [-0.25, -0.2) is 14.2 Å². The molecule has 1 aromatic carbocycles. The molecule has 1 N–H and O–H groups in total. The molecule has 2 heterocycles. The molecule has 0 bridgehead atoms. The first-order valence-corrected chi connectivity index (χ1v) is 6.57. The lowest BCUT2D eigenvalue weighted by Crippen LogP contribution is -2.15. The van der Waals surface area contributed by atoms with E-state index in [1.807, 2.05) is 0 Å². The van der Waals surface area contributed by atoms with Gasteiger partial charge in [-0.1, -0.05) is 11.6 Å². The van der Waals surface area contributed by atoms with E-state index in [2.05, 4.69) is 10.3 Å². The molecule has 0 unspecified atom stereocenters. The first-order valence-electron chi connectivity index (χ1n) is 6.19. The van der Waals surface area contributed by atoms with Gasteiger partial charge in [-0.3, -0.25) is 4.79 Å². The van der Waals surface area contributed by atoms with Gasteiger partial charge in [-0.2, -0.15) is 0 Å². The van der Waals surface area contributed by atoms with Gasteiger partial charge >= 0.3 is 5.63 Å². The summed E-state index contributed by atoms with van der Waals surface area (Å²) in [6, 6.07) is 7.97. The van der Waals surface area contributed by atoms with Crippen molar-refractivity contribution in [3.8, 4) is 0 Å². The molecule has 3 aromatic rings. The molecule has 5 nitrogen and oxygen atoms in total. The van der Waals surface area contributed by atoms with E-state index in [1.54, 1.807) is 6.07 Å². The fraction of sp³-hybridized carbons (Fsp3) is 0. The molecule has 7 heteroatoms. The quantitative estimate of drug-likeness (QED) is 0.736. The largest absolute Gasteiger partial charge is 0.417 e. The lowest BCUT2D eigenvalue weighted by molar-refractivity contribution is 0.0993. The van der Waals surface area contributed by atoms with Gasteiger partial charge in [-0.15, -0.1) is 0 Å². The normalized spacial score (nSPS) is 10.6. The Hall–Kier alpha value is -2.73. The molecular weight excluding hydrogens is 311 g/mol. The minimum atomic E-state index is -0.711. The molecule has 110 valence electrons. The SMILES string of the molecule is O=C(Nc1ccc(Cl)nc1)c1cc2cc(F)ccc2c(=O)o1. The van der Waals surface area contributed by atoms with E-state index in [9.17, 15) is 14.0 Å². The number of benzene rings is 1. The standard InChI is InChI=1S/C15H8ClFN2O3/c16-13-4-2-10(7-18-13)19-14(20)12-6-8-5-9(17)1-3-11(8)15(21)22-12/h1-7H,(H,19,20).